The Hall–Kier alpha value is -3.31. The molecule has 0 saturated heterocycles. The predicted molar refractivity (Wildman–Crippen MR) is 115 cm³/mol. The lowest BCUT2D eigenvalue weighted by molar-refractivity contribution is -0.274. The summed E-state index contributed by atoms with van der Waals surface area (Å²) < 4.78 is 109. The maximum Gasteiger partial charge on any atom is 0.573 e. The molecule has 1 aromatic carbocycles. The van der Waals surface area contributed by atoms with Crippen LogP contribution in [0.15, 0.2) is 41.4 Å². The Bertz CT molecular complexity index is 1440. The van der Waals surface area contributed by atoms with Gasteiger partial charge in [-0.2, -0.15) is 23.2 Å². The molecule has 36 heavy (non-hydrogen) atoms. The third-order valence-electron chi connectivity index (χ3n) is 5.87. The summed E-state index contributed by atoms with van der Waals surface area (Å²) in [5, 5.41) is 10.2. The fraction of sp³-hybridized carbons (Fsp3) is 0.364. The number of nitrogens with one attached hydrogen (secondary N) is 1. The van der Waals surface area contributed by atoms with E-state index >= 15 is 0 Å². The number of nitrogens with zero attached hydrogens (tertiary/aromatic N) is 3. The molecule has 1 atom stereocenters. The Morgan fingerprint density at radius 1 is 1.17 bits per heavy atom. The Morgan fingerprint density at radius 2 is 1.86 bits per heavy atom. The minimum absolute atomic E-state index is 0.113. The van der Waals surface area contributed by atoms with Crippen LogP contribution in [0.5, 0.6) is 5.75 Å². The highest BCUT2D eigenvalue weighted by molar-refractivity contribution is 7.89. The minimum Gasteiger partial charge on any atom is -0.406 e. The molecule has 0 spiro atoms. The van der Waals surface area contributed by atoms with Crippen LogP contribution in [0.2, 0.25) is 0 Å². The number of hydrogen-bond acceptors (Lipinski definition) is 5. The standard InChI is InChI=1S/C22H18F6N4O3S/c1-12(21(23,24)25)31-36(33,34)15-6-8-18(30-11-15)20-17(10-29)16-7-5-14(35-22(26,27)28)9-19(16)32(20)13-3-2-4-13/h5-9,11-13,31H,2-4H2,1H3. The number of aromatic nitrogens is 2. The van der Waals surface area contributed by atoms with Crippen LogP contribution in [0.3, 0.4) is 0 Å². The van der Waals surface area contributed by atoms with Crippen LogP contribution in [0, 0.1) is 11.3 Å². The lowest BCUT2D eigenvalue weighted by Gasteiger charge is -2.30. The number of nitriles is 1. The van der Waals surface area contributed by atoms with Crippen molar-refractivity contribution in [3.63, 3.8) is 0 Å². The zero-order valence-electron chi connectivity index (χ0n) is 18.5. The van der Waals surface area contributed by atoms with Crippen molar-refractivity contribution in [1.82, 2.24) is 14.3 Å². The lowest BCUT2D eigenvalue weighted by atomic mass is 9.92. The van der Waals surface area contributed by atoms with Crippen LogP contribution in [0.4, 0.5) is 26.3 Å². The van der Waals surface area contributed by atoms with Crippen molar-refractivity contribution in [2.75, 3.05) is 0 Å². The smallest absolute Gasteiger partial charge is 0.406 e. The van der Waals surface area contributed by atoms with Crippen LogP contribution in [0.25, 0.3) is 22.3 Å². The van der Waals surface area contributed by atoms with Gasteiger partial charge in [-0.25, -0.2) is 8.42 Å². The molecule has 1 unspecified atom stereocenters. The topological polar surface area (TPSA) is 97.0 Å². The first-order chi connectivity index (χ1) is 16.7. The Morgan fingerprint density at radius 3 is 2.36 bits per heavy atom. The normalized spacial score (nSPS) is 15.9. The number of benzene rings is 1. The number of sulfonamides is 1. The van der Waals surface area contributed by atoms with Crippen LogP contribution in [-0.4, -0.2) is 36.5 Å². The van der Waals surface area contributed by atoms with E-state index in [0.29, 0.717) is 30.7 Å². The SMILES string of the molecule is CC(NS(=O)(=O)c1ccc(-c2c(C#N)c3ccc(OC(F)(F)F)cc3n2C2CCC2)nc1)C(F)(F)F. The van der Waals surface area contributed by atoms with Gasteiger partial charge in [0, 0.05) is 23.7 Å². The van der Waals surface area contributed by atoms with Crippen molar-refractivity contribution in [2.45, 2.75) is 55.7 Å². The molecule has 2 heterocycles. The van der Waals surface area contributed by atoms with Crippen molar-refractivity contribution in [1.29, 1.82) is 5.26 Å². The summed E-state index contributed by atoms with van der Waals surface area (Å²) in [7, 11) is -4.55. The van der Waals surface area contributed by atoms with Gasteiger partial charge in [0.15, 0.2) is 0 Å². The van der Waals surface area contributed by atoms with Gasteiger partial charge < -0.3 is 9.30 Å². The van der Waals surface area contributed by atoms with Crippen LogP contribution in [0.1, 0.15) is 37.8 Å². The van der Waals surface area contributed by atoms with Gasteiger partial charge in [0.2, 0.25) is 10.0 Å². The van der Waals surface area contributed by atoms with Gasteiger partial charge in [-0.1, -0.05) is 0 Å². The number of pyridine rings is 1. The summed E-state index contributed by atoms with van der Waals surface area (Å²) in [5.41, 5.74) is 0.826. The van der Waals surface area contributed by atoms with E-state index in [0.717, 1.165) is 24.8 Å². The molecule has 0 amide bonds. The second-order valence-electron chi connectivity index (χ2n) is 8.28. The number of alkyl halides is 6. The Kier molecular flexibility index (Phi) is 6.42. The van der Waals surface area contributed by atoms with Crippen molar-refractivity contribution in [2.24, 2.45) is 0 Å². The van der Waals surface area contributed by atoms with Gasteiger partial charge in [-0.3, -0.25) is 4.98 Å². The highest BCUT2D eigenvalue weighted by Crippen LogP contribution is 2.43. The fourth-order valence-corrected chi connectivity index (χ4v) is 5.10. The monoisotopic (exact) mass is 532 g/mol. The molecule has 0 radical (unpaired) electrons. The molecule has 192 valence electrons. The average Bonchev–Trinajstić information content (AvgIpc) is 3.04. The predicted octanol–water partition coefficient (Wildman–Crippen LogP) is 5.43. The average molecular weight is 532 g/mol. The first-order valence-corrected chi connectivity index (χ1v) is 12.1. The number of fused-ring (bicyclic) bond motifs is 1. The summed E-state index contributed by atoms with van der Waals surface area (Å²) in [6, 6.07) is 5.44. The molecule has 1 aliphatic rings. The molecule has 1 N–H and O–H groups in total. The van der Waals surface area contributed by atoms with E-state index in [1.54, 1.807) is 4.57 Å². The molecule has 0 aliphatic heterocycles. The molecular formula is C22H18F6N4O3S. The lowest BCUT2D eigenvalue weighted by Crippen LogP contribution is -2.42. The first kappa shape index (κ1) is 25.8. The molecule has 1 saturated carbocycles. The van der Waals surface area contributed by atoms with Crippen molar-refractivity contribution < 1.29 is 39.5 Å². The molecule has 2 aromatic heterocycles. The van der Waals surface area contributed by atoms with Crippen molar-refractivity contribution >= 4 is 20.9 Å². The zero-order chi connectivity index (χ0) is 26.5. The summed E-state index contributed by atoms with van der Waals surface area (Å²) >= 11 is 0. The van der Waals surface area contributed by atoms with Gasteiger partial charge >= 0.3 is 12.5 Å². The highest BCUT2D eigenvalue weighted by Gasteiger charge is 2.39. The molecule has 14 heteroatoms. The molecule has 1 fully saturated rings. The van der Waals surface area contributed by atoms with E-state index in [-0.39, 0.29) is 23.0 Å². The third kappa shape index (κ3) is 4.98. The zero-order valence-corrected chi connectivity index (χ0v) is 19.3. The Labute approximate surface area is 201 Å². The van der Waals surface area contributed by atoms with Crippen LogP contribution >= 0.6 is 0 Å². The van der Waals surface area contributed by atoms with Gasteiger partial charge in [0.25, 0.3) is 0 Å². The summed E-state index contributed by atoms with van der Waals surface area (Å²) in [6.07, 6.45) is -6.60. The summed E-state index contributed by atoms with van der Waals surface area (Å²) in [4.78, 5) is 3.57. The maximum atomic E-state index is 12.8. The van der Waals surface area contributed by atoms with E-state index in [4.69, 9.17) is 0 Å². The first-order valence-electron chi connectivity index (χ1n) is 10.6. The van der Waals surface area contributed by atoms with E-state index in [9.17, 15) is 40.0 Å². The van der Waals surface area contributed by atoms with Gasteiger partial charge in [-0.15, -0.1) is 13.2 Å². The molecule has 3 aromatic rings. The van der Waals surface area contributed by atoms with Crippen molar-refractivity contribution in [3.05, 3.63) is 42.1 Å². The van der Waals surface area contributed by atoms with Crippen molar-refractivity contribution in [3.8, 4) is 23.2 Å². The highest BCUT2D eigenvalue weighted by atomic mass is 32.2. The number of hydrogen-bond donors (Lipinski definition) is 1. The largest absolute Gasteiger partial charge is 0.573 e. The number of ether oxygens (including phenoxy) is 1. The maximum absolute atomic E-state index is 12.8. The molecule has 0 bridgehead atoms. The summed E-state index contributed by atoms with van der Waals surface area (Å²) in [6.45, 7) is 0.659. The number of rotatable bonds is 6. The van der Waals surface area contributed by atoms with Crippen LogP contribution in [-0.2, 0) is 10.0 Å². The van der Waals surface area contributed by atoms with Gasteiger partial charge in [0.05, 0.1) is 22.5 Å². The van der Waals surface area contributed by atoms with Gasteiger partial charge in [0.1, 0.15) is 22.8 Å². The molecule has 7 nitrogen and oxygen atoms in total. The second-order valence-corrected chi connectivity index (χ2v) is 9.99. The van der Waals surface area contributed by atoms with Crippen LogP contribution < -0.4 is 9.46 Å². The number of halogens is 6. The van der Waals surface area contributed by atoms with Gasteiger partial charge in [-0.05, 0) is 50.5 Å². The van der Waals surface area contributed by atoms with E-state index in [2.05, 4.69) is 9.72 Å². The summed E-state index contributed by atoms with van der Waals surface area (Å²) in [5.74, 6) is -0.469. The Balaban J connectivity index is 1.80. The molecular weight excluding hydrogens is 514 g/mol. The quantitative estimate of drug-likeness (QED) is 0.427. The molecule has 4 rings (SSSR count). The third-order valence-corrected chi connectivity index (χ3v) is 7.40. The van der Waals surface area contributed by atoms with E-state index < -0.39 is 39.2 Å². The minimum atomic E-state index is -4.91. The fourth-order valence-electron chi connectivity index (χ4n) is 3.92. The van der Waals surface area contributed by atoms with E-state index in [1.807, 2.05) is 6.07 Å². The molecule has 1 aliphatic carbocycles. The van der Waals surface area contributed by atoms with E-state index in [1.165, 1.54) is 22.9 Å². The second kappa shape index (κ2) is 8.97.